The Morgan fingerprint density at radius 3 is 2.59 bits per heavy atom. The predicted molar refractivity (Wildman–Crippen MR) is 71.4 cm³/mol. The van der Waals surface area contributed by atoms with Crippen LogP contribution >= 0.6 is 15.9 Å². The Morgan fingerprint density at radius 2 is 1.94 bits per heavy atom. The summed E-state index contributed by atoms with van der Waals surface area (Å²) in [5, 5.41) is 0. The van der Waals surface area contributed by atoms with E-state index < -0.39 is 0 Å². The van der Waals surface area contributed by atoms with Crippen LogP contribution in [-0.2, 0) is 0 Å². The number of carbonyl (C=O) groups excluding carboxylic acids is 1. The fourth-order valence-corrected chi connectivity index (χ4v) is 2.13. The molecule has 0 N–H and O–H groups in total. The van der Waals surface area contributed by atoms with Crippen LogP contribution in [0.4, 0.5) is 0 Å². The molecule has 0 bridgehead atoms. The first-order chi connectivity index (χ1) is 8.18. The average Bonchev–Trinajstić information content (AvgIpc) is 2.38. The highest BCUT2D eigenvalue weighted by Crippen LogP contribution is 2.26. The molecule has 86 valence electrons. The Kier molecular flexibility index (Phi) is 3.69. The van der Waals surface area contributed by atoms with E-state index in [0.717, 1.165) is 11.1 Å². The zero-order valence-electron chi connectivity index (χ0n) is 9.43. The number of aromatic nitrogens is 1. The smallest absolute Gasteiger partial charge is 0.180 e. The molecule has 0 unspecified atom stereocenters. The molecule has 1 aromatic carbocycles. The molecule has 2 rings (SSSR count). The molecule has 0 saturated heterocycles. The molecule has 0 aliphatic rings. The van der Waals surface area contributed by atoms with Crippen molar-refractivity contribution in [1.82, 2.24) is 4.98 Å². The van der Waals surface area contributed by atoms with Crippen LogP contribution in [0.3, 0.4) is 0 Å². The summed E-state index contributed by atoms with van der Waals surface area (Å²) in [7, 11) is 0. The third-order valence-corrected chi connectivity index (χ3v) is 3.42. The molecule has 1 heterocycles. The van der Waals surface area contributed by atoms with Crippen LogP contribution in [0.5, 0.6) is 0 Å². The summed E-state index contributed by atoms with van der Waals surface area (Å²) in [5.74, 6) is 0.0537. The van der Waals surface area contributed by atoms with E-state index in [-0.39, 0.29) is 10.6 Å². The summed E-state index contributed by atoms with van der Waals surface area (Å²) >= 11 is 3.43. The number of hydrogen-bond donors (Lipinski definition) is 0. The van der Waals surface area contributed by atoms with E-state index in [4.69, 9.17) is 0 Å². The molecule has 0 fully saturated rings. The van der Waals surface area contributed by atoms with Gasteiger partial charge in [-0.25, -0.2) is 0 Å². The normalized spacial score (nSPS) is 12.1. The maximum Gasteiger partial charge on any atom is 0.180 e. The predicted octanol–water partition coefficient (Wildman–Crippen LogP) is 3.71. The monoisotopic (exact) mass is 289 g/mol. The molecule has 1 aromatic heterocycles. The van der Waals surface area contributed by atoms with E-state index in [9.17, 15) is 4.79 Å². The number of nitrogens with zero attached hydrogens (tertiary/aromatic N) is 1. The van der Waals surface area contributed by atoms with Crippen molar-refractivity contribution in [2.24, 2.45) is 0 Å². The van der Waals surface area contributed by atoms with Crippen molar-refractivity contribution in [1.29, 1.82) is 0 Å². The summed E-state index contributed by atoms with van der Waals surface area (Å²) in [5.41, 5.74) is 2.64. The highest BCUT2D eigenvalue weighted by molar-refractivity contribution is 9.09. The number of ketones is 1. The van der Waals surface area contributed by atoms with E-state index in [0.29, 0.717) is 5.56 Å². The van der Waals surface area contributed by atoms with Gasteiger partial charge in [-0.3, -0.25) is 9.78 Å². The maximum absolute atomic E-state index is 12.2. The van der Waals surface area contributed by atoms with Gasteiger partial charge in [-0.15, -0.1) is 0 Å². The highest BCUT2D eigenvalue weighted by Gasteiger charge is 2.18. The Morgan fingerprint density at radius 1 is 1.24 bits per heavy atom. The number of pyridine rings is 1. The standard InChI is InChI=1S/C14H12BrNO/c1-10-7-12(9-16-8-10)13(15)14(17)11-5-3-2-4-6-11/h2-9,13H,1H3/t13-/m0/s1. The van der Waals surface area contributed by atoms with Crippen LogP contribution in [0.2, 0.25) is 0 Å². The number of hydrogen-bond acceptors (Lipinski definition) is 2. The topological polar surface area (TPSA) is 30.0 Å². The van der Waals surface area contributed by atoms with Crippen molar-refractivity contribution in [2.45, 2.75) is 11.8 Å². The van der Waals surface area contributed by atoms with Gasteiger partial charge in [0, 0.05) is 18.0 Å². The number of rotatable bonds is 3. The minimum Gasteiger partial charge on any atom is -0.293 e. The minimum atomic E-state index is -0.336. The van der Waals surface area contributed by atoms with E-state index in [2.05, 4.69) is 20.9 Å². The van der Waals surface area contributed by atoms with Gasteiger partial charge < -0.3 is 0 Å². The molecule has 2 nitrogen and oxygen atoms in total. The van der Waals surface area contributed by atoms with Gasteiger partial charge in [-0.1, -0.05) is 52.3 Å². The first-order valence-corrected chi connectivity index (χ1v) is 6.25. The second-order valence-electron chi connectivity index (χ2n) is 3.89. The van der Waals surface area contributed by atoms with Gasteiger partial charge >= 0.3 is 0 Å². The molecule has 0 amide bonds. The molecule has 0 saturated carbocycles. The minimum absolute atomic E-state index is 0.0537. The molecule has 17 heavy (non-hydrogen) atoms. The SMILES string of the molecule is Cc1cncc([C@H](Br)C(=O)c2ccccc2)c1. The maximum atomic E-state index is 12.2. The van der Waals surface area contributed by atoms with Crippen molar-refractivity contribution in [2.75, 3.05) is 0 Å². The van der Waals surface area contributed by atoms with Crippen LogP contribution < -0.4 is 0 Å². The molecule has 0 aliphatic carbocycles. The summed E-state index contributed by atoms with van der Waals surface area (Å²) in [6.45, 7) is 1.96. The fraction of sp³-hybridized carbons (Fsp3) is 0.143. The number of halogens is 1. The molecule has 0 spiro atoms. The van der Waals surface area contributed by atoms with Crippen molar-refractivity contribution >= 4 is 21.7 Å². The number of benzene rings is 1. The van der Waals surface area contributed by atoms with Gasteiger partial charge in [0.2, 0.25) is 0 Å². The quantitative estimate of drug-likeness (QED) is 0.637. The molecular formula is C14H12BrNO. The van der Waals surface area contributed by atoms with E-state index in [1.54, 1.807) is 12.4 Å². The average molecular weight is 290 g/mol. The lowest BCUT2D eigenvalue weighted by Crippen LogP contribution is -2.07. The van der Waals surface area contributed by atoms with Crippen molar-refractivity contribution in [3.63, 3.8) is 0 Å². The first-order valence-electron chi connectivity index (χ1n) is 5.33. The molecule has 0 aliphatic heterocycles. The third-order valence-electron chi connectivity index (χ3n) is 2.48. The van der Waals surface area contributed by atoms with Gasteiger partial charge in [0.1, 0.15) is 4.83 Å². The van der Waals surface area contributed by atoms with Crippen molar-refractivity contribution in [3.05, 3.63) is 65.5 Å². The number of alkyl halides is 1. The fourth-order valence-electron chi connectivity index (χ4n) is 1.62. The number of Topliss-reactive ketones (excluding diaryl/α,β-unsaturated/α-hetero) is 1. The number of aryl methyl sites for hydroxylation is 1. The summed E-state index contributed by atoms with van der Waals surface area (Å²) in [6, 6.07) is 11.2. The van der Waals surface area contributed by atoms with Crippen LogP contribution in [0.25, 0.3) is 0 Å². The van der Waals surface area contributed by atoms with Gasteiger partial charge in [0.25, 0.3) is 0 Å². The zero-order valence-corrected chi connectivity index (χ0v) is 11.0. The molecule has 3 heteroatoms. The van der Waals surface area contributed by atoms with Crippen molar-refractivity contribution in [3.8, 4) is 0 Å². The molecule has 0 radical (unpaired) electrons. The number of carbonyl (C=O) groups is 1. The van der Waals surface area contributed by atoms with Gasteiger partial charge in [0.05, 0.1) is 0 Å². The lowest BCUT2D eigenvalue weighted by atomic mass is 10.0. The Balaban J connectivity index is 2.27. The first kappa shape index (κ1) is 12.0. The van der Waals surface area contributed by atoms with Crippen LogP contribution in [0.15, 0.2) is 48.8 Å². The van der Waals surface area contributed by atoms with Gasteiger partial charge in [-0.05, 0) is 18.1 Å². The van der Waals surface area contributed by atoms with E-state index in [1.165, 1.54) is 0 Å². The zero-order chi connectivity index (χ0) is 12.3. The molecule has 1 atom stereocenters. The van der Waals surface area contributed by atoms with Gasteiger partial charge in [0.15, 0.2) is 5.78 Å². The largest absolute Gasteiger partial charge is 0.293 e. The molecule has 2 aromatic rings. The van der Waals surface area contributed by atoms with Crippen molar-refractivity contribution < 1.29 is 4.79 Å². The van der Waals surface area contributed by atoms with Crippen LogP contribution in [-0.4, -0.2) is 10.8 Å². The Hall–Kier alpha value is -1.48. The highest BCUT2D eigenvalue weighted by atomic mass is 79.9. The summed E-state index contributed by atoms with van der Waals surface area (Å²) in [4.78, 5) is 15.9. The molecular weight excluding hydrogens is 278 g/mol. The van der Waals surface area contributed by atoms with Gasteiger partial charge in [-0.2, -0.15) is 0 Å². The third kappa shape index (κ3) is 2.80. The van der Waals surface area contributed by atoms with Crippen LogP contribution in [0.1, 0.15) is 26.3 Å². The summed E-state index contributed by atoms with van der Waals surface area (Å²) in [6.07, 6.45) is 3.49. The van der Waals surface area contributed by atoms with E-state index in [1.807, 2.05) is 43.3 Å². The van der Waals surface area contributed by atoms with Crippen LogP contribution in [0, 0.1) is 6.92 Å². The Bertz CT molecular complexity index is 525. The van der Waals surface area contributed by atoms with E-state index >= 15 is 0 Å². The lowest BCUT2D eigenvalue weighted by Gasteiger charge is -2.09. The lowest BCUT2D eigenvalue weighted by molar-refractivity contribution is 0.0991. The second-order valence-corrected chi connectivity index (χ2v) is 4.80. The second kappa shape index (κ2) is 5.23. The summed E-state index contributed by atoms with van der Waals surface area (Å²) < 4.78 is 0. The Labute approximate surface area is 109 Å².